The van der Waals surface area contributed by atoms with E-state index in [1.165, 1.54) is 21.3 Å². The zero-order valence-corrected chi connectivity index (χ0v) is 19.4. The standard InChI is InChI=1S/C24H27N3O6/c1-28-13-7-10-16(19(25)22(13)31-4)11-8-14(29-2)24(33-6)21(27)18(11)12-9-15(30-3)23(32-5)20(26)17(10)12/h7-9H,25-27H2,1-6H3. The van der Waals surface area contributed by atoms with Gasteiger partial charge in [0.15, 0.2) is 34.5 Å². The van der Waals surface area contributed by atoms with Gasteiger partial charge in [-0.1, -0.05) is 0 Å². The van der Waals surface area contributed by atoms with E-state index in [-0.39, 0.29) is 0 Å². The van der Waals surface area contributed by atoms with Gasteiger partial charge in [0.1, 0.15) is 0 Å². The third kappa shape index (κ3) is 2.92. The molecule has 0 aliphatic heterocycles. The van der Waals surface area contributed by atoms with Crippen molar-refractivity contribution in [2.45, 2.75) is 0 Å². The van der Waals surface area contributed by atoms with Crippen LogP contribution in [0.25, 0.3) is 32.3 Å². The molecule has 4 rings (SSSR count). The summed E-state index contributed by atoms with van der Waals surface area (Å²) in [5.74, 6) is 2.59. The van der Waals surface area contributed by atoms with Crippen molar-refractivity contribution in [2.75, 3.05) is 59.9 Å². The van der Waals surface area contributed by atoms with E-state index < -0.39 is 0 Å². The molecule has 33 heavy (non-hydrogen) atoms. The van der Waals surface area contributed by atoms with Gasteiger partial charge < -0.3 is 45.6 Å². The van der Waals surface area contributed by atoms with Crippen LogP contribution in [0.4, 0.5) is 17.1 Å². The third-order valence-electron chi connectivity index (χ3n) is 5.93. The average Bonchev–Trinajstić information content (AvgIpc) is 2.82. The van der Waals surface area contributed by atoms with E-state index in [4.69, 9.17) is 45.6 Å². The van der Waals surface area contributed by atoms with Gasteiger partial charge >= 0.3 is 0 Å². The second-order valence-corrected chi connectivity index (χ2v) is 7.34. The average molecular weight is 453 g/mol. The van der Waals surface area contributed by atoms with Crippen LogP contribution < -0.4 is 45.6 Å². The van der Waals surface area contributed by atoms with Gasteiger partial charge in [-0.15, -0.1) is 0 Å². The summed E-state index contributed by atoms with van der Waals surface area (Å²) < 4.78 is 33.4. The van der Waals surface area contributed by atoms with Crippen molar-refractivity contribution >= 4 is 49.4 Å². The maximum Gasteiger partial charge on any atom is 0.184 e. The van der Waals surface area contributed by atoms with Gasteiger partial charge in [0.05, 0.1) is 59.7 Å². The molecule has 0 aliphatic carbocycles. The highest BCUT2D eigenvalue weighted by Gasteiger charge is 2.25. The van der Waals surface area contributed by atoms with Gasteiger partial charge in [-0.2, -0.15) is 0 Å². The predicted octanol–water partition coefficient (Wildman–Crippen LogP) is 3.94. The summed E-state index contributed by atoms with van der Waals surface area (Å²) in [6.07, 6.45) is 0. The fourth-order valence-electron chi connectivity index (χ4n) is 4.53. The number of nitrogens with two attached hydrogens (primary N) is 3. The first-order valence-electron chi connectivity index (χ1n) is 10.0. The molecule has 0 heterocycles. The zero-order valence-electron chi connectivity index (χ0n) is 19.4. The van der Waals surface area contributed by atoms with E-state index in [9.17, 15) is 0 Å². The second kappa shape index (κ2) is 8.09. The molecule has 0 aliphatic rings. The minimum Gasteiger partial charge on any atom is -0.493 e. The highest BCUT2D eigenvalue weighted by atomic mass is 16.5. The molecule has 9 nitrogen and oxygen atoms in total. The molecule has 0 saturated heterocycles. The van der Waals surface area contributed by atoms with E-state index in [1.807, 2.05) is 18.2 Å². The summed E-state index contributed by atoms with van der Waals surface area (Å²) in [5, 5.41) is 4.25. The van der Waals surface area contributed by atoms with E-state index in [1.54, 1.807) is 21.3 Å². The fraction of sp³-hybridized carbons (Fsp3) is 0.250. The number of hydrogen-bond donors (Lipinski definition) is 3. The number of ether oxygens (including phenoxy) is 6. The van der Waals surface area contributed by atoms with Crippen LogP contribution in [0.15, 0.2) is 18.2 Å². The minimum atomic E-state index is 0.375. The topological polar surface area (TPSA) is 133 Å². The van der Waals surface area contributed by atoms with Crippen LogP contribution in [0.5, 0.6) is 34.5 Å². The Morgan fingerprint density at radius 2 is 0.667 bits per heavy atom. The molecule has 0 unspecified atom stereocenters. The summed E-state index contributed by atoms with van der Waals surface area (Å²) in [6, 6.07) is 5.50. The number of hydrogen-bond acceptors (Lipinski definition) is 9. The van der Waals surface area contributed by atoms with Crippen LogP contribution in [0.1, 0.15) is 0 Å². The quantitative estimate of drug-likeness (QED) is 0.293. The van der Waals surface area contributed by atoms with E-state index in [0.717, 1.165) is 16.2 Å². The Morgan fingerprint density at radius 1 is 0.424 bits per heavy atom. The molecular weight excluding hydrogens is 426 g/mol. The first-order valence-corrected chi connectivity index (χ1v) is 10.0. The Labute approximate surface area is 190 Å². The molecule has 4 aromatic carbocycles. The van der Waals surface area contributed by atoms with Crippen LogP contribution in [0.2, 0.25) is 0 Å². The Bertz CT molecular complexity index is 1220. The highest BCUT2D eigenvalue weighted by molar-refractivity contribution is 6.34. The van der Waals surface area contributed by atoms with Crippen LogP contribution >= 0.6 is 0 Å². The summed E-state index contributed by atoms with van der Waals surface area (Å²) in [7, 11) is 9.23. The fourth-order valence-corrected chi connectivity index (χ4v) is 4.53. The van der Waals surface area contributed by atoms with Crippen molar-refractivity contribution in [2.24, 2.45) is 0 Å². The van der Waals surface area contributed by atoms with Crippen molar-refractivity contribution < 1.29 is 28.4 Å². The summed E-state index contributed by atoms with van der Waals surface area (Å²) in [4.78, 5) is 0. The highest BCUT2D eigenvalue weighted by Crippen LogP contribution is 2.54. The number of methoxy groups -OCH3 is 6. The summed E-state index contributed by atoms with van der Waals surface area (Å²) in [5.41, 5.74) is 21.0. The lowest BCUT2D eigenvalue weighted by Crippen LogP contribution is -2.03. The lowest BCUT2D eigenvalue weighted by Gasteiger charge is -2.22. The monoisotopic (exact) mass is 453 g/mol. The first-order chi connectivity index (χ1) is 15.9. The molecule has 0 saturated carbocycles. The smallest absolute Gasteiger partial charge is 0.184 e. The largest absolute Gasteiger partial charge is 0.493 e. The molecule has 0 spiro atoms. The molecule has 4 aromatic rings. The van der Waals surface area contributed by atoms with Gasteiger partial charge in [-0.05, 0) is 34.4 Å². The SMILES string of the molecule is COc1cc2c(c(N)c1OC)c1cc(OC)c(OC)c(N)c1c1cc(OC)c(OC)c(N)c21. The molecule has 9 heteroatoms. The number of nitrogen functional groups attached to an aromatic ring is 3. The summed E-state index contributed by atoms with van der Waals surface area (Å²) >= 11 is 0. The normalized spacial score (nSPS) is 11.1. The number of fused-ring (bicyclic) bond motifs is 6. The van der Waals surface area contributed by atoms with Crippen LogP contribution in [0, 0.1) is 0 Å². The van der Waals surface area contributed by atoms with Crippen LogP contribution in [-0.2, 0) is 0 Å². The van der Waals surface area contributed by atoms with Gasteiger partial charge in [-0.3, -0.25) is 0 Å². The lowest BCUT2D eigenvalue weighted by atomic mass is 9.90. The summed E-state index contributed by atoms with van der Waals surface area (Å²) in [6.45, 7) is 0. The van der Waals surface area contributed by atoms with Crippen molar-refractivity contribution in [3.63, 3.8) is 0 Å². The van der Waals surface area contributed by atoms with E-state index >= 15 is 0 Å². The van der Waals surface area contributed by atoms with E-state index in [2.05, 4.69) is 0 Å². The number of benzene rings is 4. The van der Waals surface area contributed by atoms with Gasteiger partial charge in [-0.25, -0.2) is 0 Å². The molecule has 0 radical (unpaired) electrons. The van der Waals surface area contributed by atoms with Crippen LogP contribution in [0.3, 0.4) is 0 Å². The molecule has 0 fully saturated rings. The Hall–Kier alpha value is -4.14. The minimum absolute atomic E-state index is 0.375. The number of anilines is 3. The molecule has 0 bridgehead atoms. The maximum absolute atomic E-state index is 6.64. The first kappa shape index (κ1) is 22.1. The Morgan fingerprint density at radius 3 is 0.848 bits per heavy atom. The Kier molecular flexibility index (Phi) is 5.41. The molecule has 174 valence electrons. The zero-order chi connectivity index (χ0) is 24.0. The van der Waals surface area contributed by atoms with Crippen molar-refractivity contribution in [1.82, 2.24) is 0 Å². The van der Waals surface area contributed by atoms with Crippen molar-refractivity contribution in [3.05, 3.63) is 18.2 Å². The molecular formula is C24H27N3O6. The molecule has 0 amide bonds. The van der Waals surface area contributed by atoms with Crippen LogP contribution in [-0.4, -0.2) is 42.7 Å². The molecule has 6 N–H and O–H groups in total. The predicted molar refractivity (Wildman–Crippen MR) is 132 cm³/mol. The van der Waals surface area contributed by atoms with E-state index in [0.29, 0.717) is 67.7 Å². The lowest BCUT2D eigenvalue weighted by molar-refractivity contribution is 0.357. The third-order valence-corrected chi connectivity index (χ3v) is 5.93. The molecule has 0 atom stereocenters. The molecule has 0 aromatic heterocycles. The maximum atomic E-state index is 6.64. The van der Waals surface area contributed by atoms with Crippen molar-refractivity contribution in [1.29, 1.82) is 0 Å². The van der Waals surface area contributed by atoms with Gasteiger partial charge in [0, 0.05) is 16.2 Å². The van der Waals surface area contributed by atoms with Gasteiger partial charge in [0.25, 0.3) is 0 Å². The Balaban J connectivity index is 2.46. The van der Waals surface area contributed by atoms with Gasteiger partial charge in [0.2, 0.25) is 0 Å². The number of rotatable bonds is 6. The van der Waals surface area contributed by atoms with Crippen molar-refractivity contribution in [3.8, 4) is 34.5 Å². The second-order valence-electron chi connectivity index (χ2n) is 7.34.